The quantitative estimate of drug-likeness (QED) is 0.274. The number of guanidine groups is 1. The highest BCUT2D eigenvalue weighted by atomic mass is 127. The molecule has 8 heteroatoms. The normalized spacial score (nSPS) is 11.2. The molecule has 0 atom stereocenters. The van der Waals surface area contributed by atoms with Crippen LogP contribution >= 0.6 is 35.3 Å². The van der Waals surface area contributed by atoms with E-state index in [0.29, 0.717) is 6.54 Å². The Kier molecular flexibility index (Phi) is 9.92. The maximum absolute atomic E-state index is 4.61. The van der Waals surface area contributed by atoms with E-state index >= 15 is 0 Å². The standard InChI is InChI=1S/C16H26N6S.HI/c1-4-14-10-19-15(23-14)11-20-16(17-5-2)18-8-6-7-13-9-21-22(3)12-13;/h9-10,12H,4-8,11H2,1-3H3,(H2,17,18,20);1H. The van der Waals surface area contributed by atoms with Gasteiger partial charge in [0.15, 0.2) is 5.96 Å². The fraction of sp³-hybridized carbons (Fsp3) is 0.562. The van der Waals surface area contributed by atoms with Crippen LogP contribution in [0.15, 0.2) is 23.6 Å². The molecule has 0 fully saturated rings. The molecule has 2 aromatic heterocycles. The molecule has 2 aromatic rings. The van der Waals surface area contributed by atoms with Gasteiger partial charge in [0.05, 0.1) is 12.7 Å². The Labute approximate surface area is 165 Å². The van der Waals surface area contributed by atoms with Crippen molar-refractivity contribution in [2.45, 2.75) is 39.7 Å². The van der Waals surface area contributed by atoms with E-state index in [1.807, 2.05) is 24.1 Å². The first-order valence-corrected chi connectivity index (χ1v) is 8.96. The zero-order chi connectivity index (χ0) is 16.5. The molecule has 0 saturated heterocycles. The van der Waals surface area contributed by atoms with Crippen molar-refractivity contribution in [3.05, 3.63) is 34.0 Å². The minimum atomic E-state index is 0. The minimum Gasteiger partial charge on any atom is -0.357 e. The van der Waals surface area contributed by atoms with E-state index in [4.69, 9.17) is 0 Å². The van der Waals surface area contributed by atoms with E-state index in [0.717, 1.165) is 43.3 Å². The van der Waals surface area contributed by atoms with Gasteiger partial charge in [-0.15, -0.1) is 35.3 Å². The molecule has 0 aliphatic carbocycles. The van der Waals surface area contributed by atoms with E-state index in [-0.39, 0.29) is 24.0 Å². The lowest BCUT2D eigenvalue weighted by Gasteiger charge is -2.10. The van der Waals surface area contributed by atoms with E-state index in [1.54, 1.807) is 11.3 Å². The average molecular weight is 462 g/mol. The first kappa shape index (κ1) is 20.9. The van der Waals surface area contributed by atoms with Crippen LogP contribution in [0.3, 0.4) is 0 Å². The van der Waals surface area contributed by atoms with Crippen LogP contribution in [0.4, 0.5) is 0 Å². The molecule has 2 heterocycles. The van der Waals surface area contributed by atoms with Gasteiger partial charge in [0.1, 0.15) is 5.01 Å². The van der Waals surface area contributed by atoms with Gasteiger partial charge >= 0.3 is 0 Å². The summed E-state index contributed by atoms with van der Waals surface area (Å²) in [6.45, 7) is 6.59. The second-order valence-electron chi connectivity index (χ2n) is 5.32. The monoisotopic (exact) mass is 462 g/mol. The highest BCUT2D eigenvalue weighted by Crippen LogP contribution is 2.13. The number of thiazole rings is 1. The van der Waals surface area contributed by atoms with Crippen LogP contribution in [0.5, 0.6) is 0 Å². The number of aliphatic imine (C=N–C) groups is 1. The molecule has 24 heavy (non-hydrogen) atoms. The Bertz CT molecular complexity index is 622. The van der Waals surface area contributed by atoms with Gasteiger partial charge in [0.2, 0.25) is 0 Å². The van der Waals surface area contributed by atoms with E-state index < -0.39 is 0 Å². The molecule has 0 amide bonds. The predicted octanol–water partition coefficient (Wildman–Crippen LogP) is 2.74. The molecule has 0 aliphatic rings. The van der Waals surface area contributed by atoms with E-state index in [1.165, 1.54) is 10.4 Å². The number of aryl methyl sites for hydroxylation is 3. The predicted molar refractivity (Wildman–Crippen MR) is 111 cm³/mol. The van der Waals surface area contributed by atoms with Crippen LogP contribution in [0.25, 0.3) is 0 Å². The molecule has 6 nitrogen and oxygen atoms in total. The zero-order valence-electron chi connectivity index (χ0n) is 14.6. The van der Waals surface area contributed by atoms with Gasteiger partial charge in [0.25, 0.3) is 0 Å². The molecule has 0 aliphatic heterocycles. The Balaban J connectivity index is 0.00000288. The first-order chi connectivity index (χ1) is 11.2. The minimum absolute atomic E-state index is 0. The SMILES string of the molecule is CCNC(=NCc1ncc(CC)s1)NCCCc1cnn(C)c1.I. The Morgan fingerprint density at radius 2 is 2.12 bits per heavy atom. The largest absolute Gasteiger partial charge is 0.357 e. The molecule has 2 rings (SSSR count). The summed E-state index contributed by atoms with van der Waals surface area (Å²) in [6.07, 6.45) is 9.04. The molecular formula is C16H27IN6S. The molecule has 0 aromatic carbocycles. The van der Waals surface area contributed by atoms with Crippen LogP contribution < -0.4 is 10.6 Å². The van der Waals surface area contributed by atoms with Crippen LogP contribution in [0.2, 0.25) is 0 Å². The van der Waals surface area contributed by atoms with Gasteiger partial charge in [-0.1, -0.05) is 6.92 Å². The number of hydrogen-bond donors (Lipinski definition) is 2. The van der Waals surface area contributed by atoms with Crippen molar-refractivity contribution in [3.63, 3.8) is 0 Å². The fourth-order valence-corrected chi connectivity index (χ4v) is 2.96. The van der Waals surface area contributed by atoms with Crippen LogP contribution in [0.1, 0.15) is 35.7 Å². The lowest BCUT2D eigenvalue weighted by atomic mass is 10.2. The Morgan fingerprint density at radius 3 is 2.75 bits per heavy atom. The molecule has 0 radical (unpaired) electrons. The van der Waals surface area contributed by atoms with Gasteiger partial charge in [-0.25, -0.2) is 9.98 Å². The third kappa shape index (κ3) is 7.16. The summed E-state index contributed by atoms with van der Waals surface area (Å²) in [5.41, 5.74) is 1.27. The number of nitrogens with one attached hydrogen (secondary N) is 2. The molecule has 0 bridgehead atoms. The fourth-order valence-electron chi connectivity index (χ4n) is 2.17. The summed E-state index contributed by atoms with van der Waals surface area (Å²) in [5, 5.41) is 11.9. The summed E-state index contributed by atoms with van der Waals surface area (Å²) < 4.78 is 1.84. The second-order valence-corrected chi connectivity index (χ2v) is 6.52. The third-order valence-corrected chi connectivity index (χ3v) is 4.49. The summed E-state index contributed by atoms with van der Waals surface area (Å²) in [7, 11) is 1.94. The molecule has 0 unspecified atom stereocenters. The lowest BCUT2D eigenvalue weighted by molar-refractivity contribution is 0.740. The van der Waals surface area contributed by atoms with Crippen molar-refractivity contribution < 1.29 is 0 Å². The van der Waals surface area contributed by atoms with Crippen molar-refractivity contribution in [2.24, 2.45) is 12.0 Å². The van der Waals surface area contributed by atoms with Crippen molar-refractivity contribution in [3.8, 4) is 0 Å². The summed E-state index contributed by atoms with van der Waals surface area (Å²) in [5.74, 6) is 0.854. The molecule has 0 saturated carbocycles. The molecule has 134 valence electrons. The van der Waals surface area contributed by atoms with E-state index in [2.05, 4.69) is 45.8 Å². The van der Waals surface area contributed by atoms with Crippen molar-refractivity contribution in [2.75, 3.05) is 13.1 Å². The lowest BCUT2D eigenvalue weighted by Crippen LogP contribution is -2.37. The van der Waals surface area contributed by atoms with Gasteiger partial charge in [-0.2, -0.15) is 5.10 Å². The van der Waals surface area contributed by atoms with Crippen molar-refractivity contribution in [1.82, 2.24) is 25.4 Å². The smallest absolute Gasteiger partial charge is 0.191 e. The summed E-state index contributed by atoms with van der Waals surface area (Å²) in [6, 6.07) is 0. The number of rotatable bonds is 8. The highest BCUT2D eigenvalue weighted by molar-refractivity contribution is 14.0. The van der Waals surface area contributed by atoms with Crippen molar-refractivity contribution >= 4 is 41.3 Å². The second kappa shape index (κ2) is 11.4. The topological polar surface area (TPSA) is 67.1 Å². The molecule has 2 N–H and O–H groups in total. The summed E-state index contributed by atoms with van der Waals surface area (Å²) >= 11 is 1.74. The first-order valence-electron chi connectivity index (χ1n) is 8.14. The van der Waals surface area contributed by atoms with Crippen molar-refractivity contribution in [1.29, 1.82) is 0 Å². The maximum Gasteiger partial charge on any atom is 0.191 e. The van der Waals surface area contributed by atoms with Crippen LogP contribution in [0, 0.1) is 0 Å². The van der Waals surface area contributed by atoms with E-state index in [9.17, 15) is 0 Å². The third-order valence-electron chi connectivity index (χ3n) is 3.36. The Morgan fingerprint density at radius 1 is 1.29 bits per heavy atom. The summed E-state index contributed by atoms with van der Waals surface area (Å²) in [4.78, 5) is 10.3. The highest BCUT2D eigenvalue weighted by Gasteiger charge is 2.02. The zero-order valence-corrected chi connectivity index (χ0v) is 17.7. The van der Waals surface area contributed by atoms with Gasteiger partial charge in [-0.05, 0) is 31.7 Å². The van der Waals surface area contributed by atoms with Crippen LogP contribution in [-0.4, -0.2) is 33.8 Å². The molecule has 0 spiro atoms. The maximum atomic E-state index is 4.61. The number of halogens is 1. The Hall–Kier alpha value is -1.16. The number of nitrogens with zero attached hydrogens (tertiary/aromatic N) is 4. The number of aromatic nitrogens is 3. The molecular weight excluding hydrogens is 435 g/mol. The number of hydrogen-bond acceptors (Lipinski definition) is 4. The average Bonchev–Trinajstić information content (AvgIpc) is 3.17. The van der Waals surface area contributed by atoms with Crippen LogP contribution in [-0.2, 0) is 26.4 Å². The van der Waals surface area contributed by atoms with Gasteiger partial charge in [0, 0.05) is 37.4 Å². The van der Waals surface area contributed by atoms with Gasteiger partial charge in [-0.3, -0.25) is 4.68 Å². The van der Waals surface area contributed by atoms with Gasteiger partial charge < -0.3 is 10.6 Å².